The molecule has 0 atom stereocenters. The number of aryl methyl sites for hydroxylation is 2. The van der Waals surface area contributed by atoms with Gasteiger partial charge in [-0.25, -0.2) is 4.98 Å². The Hall–Kier alpha value is -4.61. The van der Waals surface area contributed by atoms with Gasteiger partial charge in [0.15, 0.2) is 0 Å². The SMILES string of the molecule is Cc1ccc(NC(=O)c2cccc(C(F)(F)F)c2)cc1N1Cc2cnc(Nc3cnn(C)c3)nc2N(C)C1. The topological polar surface area (TPSA) is 91.2 Å². The third kappa shape index (κ3) is 5.24. The summed E-state index contributed by atoms with van der Waals surface area (Å²) in [6.07, 6.45) is 0.771. The first-order chi connectivity index (χ1) is 18.1. The molecule has 4 aromatic rings. The van der Waals surface area contributed by atoms with Gasteiger partial charge in [-0.2, -0.15) is 23.3 Å². The standard InChI is InChI=1S/C26H25F3N8O/c1-16-7-8-20(32-24(38)17-5-4-6-19(9-17)26(27,28)29)10-22(16)37-13-18-11-30-25(34-23(18)35(2)15-37)33-21-12-31-36(3)14-21/h4-12,14H,13,15H2,1-3H3,(H,32,38)(H,30,33,34). The van der Waals surface area contributed by atoms with Crippen LogP contribution in [0.3, 0.4) is 0 Å². The summed E-state index contributed by atoms with van der Waals surface area (Å²) < 4.78 is 40.9. The molecule has 196 valence electrons. The van der Waals surface area contributed by atoms with Crippen molar-refractivity contribution in [2.24, 2.45) is 7.05 Å². The molecule has 0 saturated heterocycles. The average molecular weight is 523 g/mol. The number of hydrogen-bond donors (Lipinski definition) is 2. The first-order valence-electron chi connectivity index (χ1n) is 11.7. The van der Waals surface area contributed by atoms with E-state index < -0.39 is 17.6 Å². The van der Waals surface area contributed by atoms with Crippen LogP contribution in [0.1, 0.15) is 27.0 Å². The van der Waals surface area contributed by atoms with E-state index in [9.17, 15) is 18.0 Å². The predicted molar refractivity (Wildman–Crippen MR) is 139 cm³/mol. The molecule has 2 N–H and O–H groups in total. The largest absolute Gasteiger partial charge is 0.416 e. The number of halogens is 3. The summed E-state index contributed by atoms with van der Waals surface area (Å²) in [5, 5.41) is 10.0. The molecule has 0 fully saturated rings. The zero-order valence-electron chi connectivity index (χ0n) is 20.9. The number of carbonyl (C=O) groups excluding carboxylic acids is 1. The molecule has 2 aromatic carbocycles. The number of aromatic nitrogens is 4. The van der Waals surface area contributed by atoms with Crippen molar-refractivity contribution in [3.8, 4) is 0 Å². The van der Waals surface area contributed by atoms with Gasteiger partial charge in [-0.15, -0.1) is 0 Å². The van der Waals surface area contributed by atoms with Gasteiger partial charge in [0.2, 0.25) is 5.95 Å². The molecule has 38 heavy (non-hydrogen) atoms. The molecule has 0 saturated carbocycles. The number of carbonyl (C=O) groups is 1. The third-order valence-corrected chi connectivity index (χ3v) is 6.17. The van der Waals surface area contributed by atoms with Gasteiger partial charge < -0.3 is 20.4 Å². The number of nitrogens with zero attached hydrogens (tertiary/aromatic N) is 6. The lowest BCUT2D eigenvalue weighted by atomic mass is 10.1. The predicted octanol–water partition coefficient (Wildman–Crippen LogP) is 4.95. The number of rotatable bonds is 5. The van der Waals surface area contributed by atoms with Crippen LogP contribution in [0.2, 0.25) is 0 Å². The van der Waals surface area contributed by atoms with Crippen LogP contribution >= 0.6 is 0 Å². The number of nitrogens with one attached hydrogen (secondary N) is 2. The molecule has 1 aliphatic heterocycles. The smallest absolute Gasteiger partial charge is 0.349 e. The first kappa shape index (κ1) is 25.1. The zero-order chi connectivity index (χ0) is 27.0. The Balaban J connectivity index is 1.34. The molecule has 1 aliphatic rings. The van der Waals surface area contributed by atoms with E-state index >= 15 is 0 Å². The molecule has 1 amide bonds. The Bertz CT molecular complexity index is 1500. The maximum absolute atomic E-state index is 13.1. The summed E-state index contributed by atoms with van der Waals surface area (Å²) in [5.74, 6) is 0.649. The van der Waals surface area contributed by atoms with Crippen molar-refractivity contribution >= 4 is 34.7 Å². The van der Waals surface area contributed by atoms with Crippen molar-refractivity contribution in [2.45, 2.75) is 19.6 Å². The normalized spacial score (nSPS) is 13.3. The molecular weight excluding hydrogens is 497 g/mol. The van der Waals surface area contributed by atoms with Crippen molar-refractivity contribution in [3.05, 3.63) is 83.3 Å². The summed E-state index contributed by atoms with van der Waals surface area (Å²) in [7, 11) is 3.76. The van der Waals surface area contributed by atoms with Gasteiger partial charge in [0, 0.05) is 55.5 Å². The van der Waals surface area contributed by atoms with Gasteiger partial charge in [-0.05, 0) is 42.8 Å². The van der Waals surface area contributed by atoms with Crippen LogP contribution < -0.4 is 20.4 Å². The highest BCUT2D eigenvalue weighted by atomic mass is 19.4. The molecule has 0 aliphatic carbocycles. The van der Waals surface area contributed by atoms with E-state index in [4.69, 9.17) is 0 Å². The van der Waals surface area contributed by atoms with Crippen molar-refractivity contribution in [3.63, 3.8) is 0 Å². The third-order valence-electron chi connectivity index (χ3n) is 6.17. The van der Waals surface area contributed by atoms with Crippen LogP contribution in [0, 0.1) is 6.92 Å². The number of hydrogen-bond acceptors (Lipinski definition) is 7. The van der Waals surface area contributed by atoms with Crippen LogP contribution in [0.4, 0.5) is 42.0 Å². The van der Waals surface area contributed by atoms with E-state index in [-0.39, 0.29) is 5.56 Å². The highest BCUT2D eigenvalue weighted by Gasteiger charge is 2.31. The molecule has 12 heteroatoms. The number of benzene rings is 2. The Morgan fingerprint density at radius 3 is 2.61 bits per heavy atom. The monoisotopic (exact) mass is 522 g/mol. The highest BCUT2D eigenvalue weighted by molar-refractivity contribution is 6.04. The van der Waals surface area contributed by atoms with E-state index in [1.165, 1.54) is 12.1 Å². The highest BCUT2D eigenvalue weighted by Crippen LogP contribution is 2.33. The molecule has 2 aromatic heterocycles. The van der Waals surface area contributed by atoms with Crippen LogP contribution in [-0.4, -0.2) is 39.4 Å². The summed E-state index contributed by atoms with van der Waals surface area (Å²) in [4.78, 5) is 26.0. The van der Waals surface area contributed by atoms with Crippen LogP contribution in [0.15, 0.2) is 61.1 Å². The Kier molecular flexibility index (Phi) is 6.39. The van der Waals surface area contributed by atoms with Crippen LogP contribution in [0.25, 0.3) is 0 Å². The molecule has 3 heterocycles. The Labute approximate surface area is 216 Å². The number of amides is 1. The number of fused-ring (bicyclic) bond motifs is 1. The van der Waals surface area contributed by atoms with Crippen LogP contribution in [0.5, 0.6) is 0 Å². The fourth-order valence-corrected chi connectivity index (χ4v) is 4.32. The molecule has 9 nitrogen and oxygen atoms in total. The van der Waals surface area contributed by atoms with E-state index in [0.717, 1.165) is 40.5 Å². The first-order valence-corrected chi connectivity index (χ1v) is 11.7. The van der Waals surface area contributed by atoms with Crippen molar-refractivity contribution < 1.29 is 18.0 Å². The average Bonchev–Trinajstić information content (AvgIpc) is 3.29. The number of anilines is 5. The summed E-state index contributed by atoms with van der Waals surface area (Å²) in [6, 6.07) is 9.77. The second-order valence-corrected chi connectivity index (χ2v) is 9.14. The van der Waals surface area contributed by atoms with E-state index in [1.807, 2.05) is 44.2 Å². The minimum Gasteiger partial charge on any atom is -0.349 e. The molecule has 5 rings (SSSR count). The minimum absolute atomic E-state index is 0.0681. The lowest BCUT2D eigenvalue weighted by Crippen LogP contribution is -2.41. The van der Waals surface area contributed by atoms with Crippen LogP contribution in [-0.2, 0) is 19.8 Å². The van der Waals surface area contributed by atoms with Gasteiger partial charge in [0.1, 0.15) is 5.82 Å². The van der Waals surface area contributed by atoms with Gasteiger partial charge in [0.25, 0.3) is 5.91 Å². The fraction of sp³-hybridized carbons (Fsp3) is 0.231. The van der Waals surface area contributed by atoms with E-state index in [2.05, 4.69) is 30.6 Å². The number of alkyl halides is 3. The quantitative estimate of drug-likeness (QED) is 0.383. The van der Waals surface area contributed by atoms with Crippen molar-refractivity contribution in [2.75, 3.05) is 34.1 Å². The van der Waals surface area contributed by atoms with Crippen molar-refractivity contribution in [1.82, 2.24) is 19.7 Å². The van der Waals surface area contributed by atoms with Gasteiger partial charge in [-0.3, -0.25) is 9.48 Å². The van der Waals surface area contributed by atoms with Gasteiger partial charge in [0.05, 0.1) is 24.1 Å². The Morgan fingerprint density at radius 2 is 1.87 bits per heavy atom. The maximum Gasteiger partial charge on any atom is 0.416 e. The molecule has 0 bridgehead atoms. The van der Waals surface area contributed by atoms with E-state index in [0.29, 0.717) is 24.8 Å². The maximum atomic E-state index is 13.1. The minimum atomic E-state index is -4.52. The molecular formula is C26H25F3N8O. The molecule has 0 unspecified atom stereocenters. The van der Waals surface area contributed by atoms with Crippen molar-refractivity contribution in [1.29, 1.82) is 0 Å². The second-order valence-electron chi connectivity index (χ2n) is 9.14. The second kappa shape index (κ2) is 9.69. The molecule has 0 spiro atoms. The summed E-state index contributed by atoms with van der Waals surface area (Å²) in [5.41, 5.74) is 3.11. The summed E-state index contributed by atoms with van der Waals surface area (Å²) in [6.45, 7) is 3.03. The Morgan fingerprint density at radius 1 is 1.05 bits per heavy atom. The van der Waals surface area contributed by atoms with Gasteiger partial charge in [-0.1, -0.05) is 12.1 Å². The lowest BCUT2D eigenvalue weighted by molar-refractivity contribution is -0.137. The fourth-order valence-electron chi connectivity index (χ4n) is 4.32. The van der Waals surface area contributed by atoms with Gasteiger partial charge >= 0.3 is 6.18 Å². The van der Waals surface area contributed by atoms with E-state index in [1.54, 1.807) is 23.1 Å². The lowest BCUT2D eigenvalue weighted by Gasteiger charge is -2.37. The summed E-state index contributed by atoms with van der Waals surface area (Å²) >= 11 is 0. The molecule has 0 radical (unpaired) electrons. The zero-order valence-corrected chi connectivity index (χ0v) is 20.9.